The van der Waals surface area contributed by atoms with E-state index >= 15 is 0 Å². The third-order valence-corrected chi connectivity index (χ3v) is 5.27. The number of nitrogens with one attached hydrogen (secondary N) is 1. The molecular formula is C24H20ClN3O3. The van der Waals surface area contributed by atoms with E-state index in [1.807, 2.05) is 36.6 Å². The topological polar surface area (TPSA) is 95.1 Å². The van der Waals surface area contributed by atoms with Gasteiger partial charge in [0, 0.05) is 27.8 Å². The van der Waals surface area contributed by atoms with E-state index in [-0.39, 0.29) is 11.1 Å². The van der Waals surface area contributed by atoms with E-state index in [2.05, 4.69) is 5.32 Å². The second-order valence-electron chi connectivity index (χ2n) is 7.05. The number of carboxylic acid groups (broad SMARTS) is 1. The molecule has 1 aromatic heterocycles. The Kier molecular flexibility index (Phi) is 6.28. The number of hydrogen-bond donors (Lipinski definition) is 2. The lowest BCUT2D eigenvalue weighted by Gasteiger charge is -2.14. The number of nitriles is 1. The number of halogens is 1. The van der Waals surface area contributed by atoms with Gasteiger partial charge in [0.25, 0.3) is 5.91 Å². The van der Waals surface area contributed by atoms with E-state index in [4.69, 9.17) is 11.6 Å². The number of carbonyl (C=O) groups is 2. The number of nitrogens with zero attached hydrogens (tertiary/aromatic N) is 2. The van der Waals surface area contributed by atoms with Gasteiger partial charge in [-0.15, -0.1) is 0 Å². The molecule has 2 N–H and O–H groups in total. The zero-order valence-corrected chi connectivity index (χ0v) is 18.0. The van der Waals surface area contributed by atoms with Gasteiger partial charge in [0.15, 0.2) is 0 Å². The summed E-state index contributed by atoms with van der Waals surface area (Å²) in [6.07, 6.45) is 1.53. The molecule has 31 heavy (non-hydrogen) atoms. The summed E-state index contributed by atoms with van der Waals surface area (Å²) in [4.78, 5) is 24.1. The molecule has 0 aliphatic rings. The zero-order valence-electron chi connectivity index (χ0n) is 17.2. The van der Waals surface area contributed by atoms with Gasteiger partial charge in [-0.3, -0.25) is 4.79 Å². The van der Waals surface area contributed by atoms with Crippen LogP contribution < -0.4 is 5.32 Å². The zero-order chi connectivity index (χ0) is 22.7. The fraction of sp³-hybridized carbons (Fsp3) is 0.125. The lowest BCUT2D eigenvalue weighted by molar-refractivity contribution is -0.112. The van der Waals surface area contributed by atoms with Crippen LogP contribution >= 0.6 is 11.6 Å². The highest BCUT2D eigenvalue weighted by molar-refractivity contribution is 6.30. The predicted molar refractivity (Wildman–Crippen MR) is 121 cm³/mol. The van der Waals surface area contributed by atoms with E-state index in [9.17, 15) is 20.0 Å². The van der Waals surface area contributed by atoms with Crippen molar-refractivity contribution >= 4 is 35.2 Å². The van der Waals surface area contributed by atoms with Gasteiger partial charge in [0.2, 0.25) is 0 Å². The number of carbonyl (C=O) groups excluding carboxylic acids is 1. The number of anilines is 1. The summed E-state index contributed by atoms with van der Waals surface area (Å²) in [5.74, 6) is -1.52. The van der Waals surface area contributed by atoms with Crippen LogP contribution in [0.15, 0.2) is 54.1 Å². The maximum Gasteiger partial charge on any atom is 0.336 e. The first kappa shape index (κ1) is 21.9. The van der Waals surface area contributed by atoms with E-state index in [0.29, 0.717) is 21.8 Å². The number of carboxylic acids is 1. The Hall–Kier alpha value is -3.82. The minimum absolute atomic E-state index is 0.0498. The molecule has 156 valence electrons. The number of aromatic nitrogens is 1. The van der Waals surface area contributed by atoms with Crippen LogP contribution in [0, 0.1) is 32.1 Å². The van der Waals surface area contributed by atoms with Gasteiger partial charge in [-0.25, -0.2) is 4.79 Å². The molecule has 6 nitrogen and oxygen atoms in total. The summed E-state index contributed by atoms with van der Waals surface area (Å²) in [5, 5.41) is 22.2. The number of benzene rings is 2. The average molecular weight is 434 g/mol. The molecule has 3 aromatic rings. The van der Waals surface area contributed by atoms with Gasteiger partial charge in [0.05, 0.1) is 5.56 Å². The molecule has 0 unspecified atom stereocenters. The Labute approximate surface area is 185 Å². The van der Waals surface area contributed by atoms with E-state index in [0.717, 1.165) is 17.1 Å². The van der Waals surface area contributed by atoms with Crippen molar-refractivity contribution in [3.05, 3.63) is 87.2 Å². The summed E-state index contributed by atoms with van der Waals surface area (Å²) in [6.45, 7) is 5.50. The van der Waals surface area contributed by atoms with Crippen LogP contribution in [0.2, 0.25) is 5.02 Å². The largest absolute Gasteiger partial charge is 0.478 e. The molecule has 3 rings (SSSR count). The molecule has 0 atom stereocenters. The minimum Gasteiger partial charge on any atom is -0.478 e. The summed E-state index contributed by atoms with van der Waals surface area (Å²) in [6, 6.07) is 15.5. The summed E-state index contributed by atoms with van der Waals surface area (Å²) < 4.78 is 1.92. The van der Waals surface area contributed by atoms with E-state index in [1.54, 1.807) is 43.3 Å². The predicted octanol–water partition coefficient (Wildman–Crippen LogP) is 5.30. The number of aromatic carboxylic acids is 1. The Balaban J connectivity index is 1.99. The van der Waals surface area contributed by atoms with Crippen molar-refractivity contribution in [3.8, 4) is 11.8 Å². The van der Waals surface area contributed by atoms with Gasteiger partial charge < -0.3 is 15.0 Å². The molecule has 0 bridgehead atoms. The number of aryl methyl sites for hydroxylation is 1. The molecule has 0 aliphatic heterocycles. The van der Waals surface area contributed by atoms with Crippen molar-refractivity contribution in [3.63, 3.8) is 0 Å². The Morgan fingerprint density at radius 1 is 1.13 bits per heavy atom. The fourth-order valence-electron chi connectivity index (χ4n) is 3.44. The quantitative estimate of drug-likeness (QED) is 0.421. The molecule has 0 fully saturated rings. The van der Waals surface area contributed by atoms with Crippen LogP contribution in [0.5, 0.6) is 0 Å². The van der Waals surface area contributed by atoms with Crippen LogP contribution in [0.4, 0.5) is 5.69 Å². The molecule has 2 aromatic carbocycles. The maximum absolute atomic E-state index is 12.6. The van der Waals surface area contributed by atoms with E-state index < -0.39 is 11.9 Å². The molecule has 0 aliphatic carbocycles. The highest BCUT2D eigenvalue weighted by atomic mass is 35.5. The lowest BCUT2D eigenvalue weighted by atomic mass is 10.1. The highest BCUT2D eigenvalue weighted by Crippen LogP contribution is 2.26. The molecule has 1 heterocycles. The molecule has 0 spiro atoms. The first-order valence-corrected chi connectivity index (χ1v) is 9.81. The summed E-state index contributed by atoms with van der Waals surface area (Å²) in [7, 11) is 0. The van der Waals surface area contributed by atoms with Gasteiger partial charge in [-0.2, -0.15) is 5.26 Å². The molecular weight excluding hydrogens is 414 g/mol. The Morgan fingerprint density at radius 3 is 2.42 bits per heavy atom. The van der Waals surface area contributed by atoms with Crippen molar-refractivity contribution in [2.24, 2.45) is 0 Å². The standard InChI is InChI=1S/C24H20ClN3O3/c1-14-11-17(12-18(13-26)23(29)27-20-9-7-19(25)8-10-20)16(3)28(14)22-6-4-5-21(15(22)2)24(30)31/h4-12H,1-3H3,(H,27,29)(H,30,31). The third-order valence-electron chi connectivity index (χ3n) is 5.01. The van der Waals surface area contributed by atoms with Crippen LogP contribution in [-0.4, -0.2) is 21.6 Å². The smallest absolute Gasteiger partial charge is 0.336 e. The summed E-state index contributed by atoms with van der Waals surface area (Å²) >= 11 is 5.86. The lowest BCUT2D eigenvalue weighted by Crippen LogP contribution is -2.13. The Bertz CT molecular complexity index is 1250. The van der Waals surface area contributed by atoms with Gasteiger partial charge in [-0.1, -0.05) is 17.7 Å². The van der Waals surface area contributed by atoms with Crippen LogP contribution in [-0.2, 0) is 4.79 Å². The first-order chi connectivity index (χ1) is 14.7. The monoisotopic (exact) mass is 433 g/mol. The molecule has 0 radical (unpaired) electrons. The molecule has 0 saturated carbocycles. The first-order valence-electron chi connectivity index (χ1n) is 9.44. The number of hydrogen-bond acceptors (Lipinski definition) is 3. The molecule has 1 amide bonds. The number of rotatable bonds is 5. The molecule has 0 saturated heterocycles. The third kappa shape index (κ3) is 4.52. The van der Waals surface area contributed by atoms with Crippen molar-refractivity contribution in [2.45, 2.75) is 20.8 Å². The number of amides is 1. The second kappa shape index (κ2) is 8.90. The van der Waals surface area contributed by atoms with Crippen molar-refractivity contribution in [2.75, 3.05) is 5.32 Å². The Morgan fingerprint density at radius 2 is 1.81 bits per heavy atom. The van der Waals surface area contributed by atoms with E-state index in [1.165, 1.54) is 6.08 Å². The van der Waals surface area contributed by atoms with Gasteiger partial charge in [0.1, 0.15) is 11.6 Å². The van der Waals surface area contributed by atoms with Crippen LogP contribution in [0.25, 0.3) is 11.8 Å². The second-order valence-corrected chi connectivity index (χ2v) is 7.48. The van der Waals surface area contributed by atoms with Gasteiger partial charge in [-0.05, 0) is 80.4 Å². The van der Waals surface area contributed by atoms with Crippen molar-refractivity contribution < 1.29 is 14.7 Å². The fourth-order valence-corrected chi connectivity index (χ4v) is 3.56. The van der Waals surface area contributed by atoms with Crippen molar-refractivity contribution in [1.29, 1.82) is 5.26 Å². The van der Waals surface area contributed by atoms with Gasteiger partial charge >= 0.3 is 5.97 Å². The van der Waals surface area contributed by atoms with Crippen molar-refractivity contribution in [1.82, 2.24) is 4.57 Å². The normalized spacial score (nSPS) is 11.1. The maximum atomic E-state index is 12.6. The van der Waals surface area contributed by atoms with Crippen LogP contribution in [0.3, 0.4) is 0 Å². The highest BCUT2D eigenvalue weighted by Gasteiger charge is 2.17. The summed E-state index contributed by atoms with van der Waals surface area (Å²) in [5.41, 5.74) is 4.41. The SMILES string of the molecule is Cc1c(C(=O)O)cccc1-n1c(C)cc(C=C(C#N)C(=O)Nc2ccc(Cl)cc2)c1C. The average Bonchev–Trinajstić information content (AvgIpc) is 3.00. The molecule has 7 heteroatoms. The minimum atomic E-state index is -0.993. The van der Waals surface area contributed by atoms with Crippen LogP contribution in [0.1, 0.15) is 32.9 Å².